The third-order valence-electron chi connectivity index (χ3n) is 1.74. The van der Waals surface area contributed by atoms with Gasteiger partial charge in [0.2, 0.25) is 0 Å². The minimum atomic E-state index is 0.312. The average molecular weight is 160 g/mol. The van der Waals surface area contributed by atoms with Gasteiger partial charge in [0.25, 0.3) is 0 Å². The number of hydrogen-bond donors (Lipinski definition) is 0. The molecule has 0 aliphatic heterocycles. The molecule has 0 unspecified atom stereocenters. The van der Waals surface area contributed by atoms with Crippen molar-refractivity contribution in [1.82, 2.24) is 0 Å². The van der Waals surface area contributed by atoms with Gasteiger partial charge < -0.3 is 0 Å². The molecule has 0 aliphatic carbocycles. The van der Waals surface area contributed by atoms with Crippen LogP contribution in [-0.4, -0.2) is 17.8 Å². The standard InChI is InChI=1S/C8H16OS/c1-4-8(7(2)9)5-6-10-3/h8H,4-6H2,1-3H3/t8-/m0/s1. The Morgan fingerprint density at radius 2 is 2.20 bits per heavy atom. The molecular formula is C8H16OS. The molecule has 2 heteroatoms. The minimum Gasteiger partial charge on any atom is -0.300 e. The maximum atomic E-state index is 10.9. The predicted octanol–water partition coefficient (Wildman–Crippen LogP) is 2.35. The van der Waals surface area contributed by atoms with E-state index in [4.69, 9.17) is 0 Å². The van der Waals surface area contributed by atoms with Gasteiger partial charge in [-0.25, -0.2) is 0 Å². The van der Waals surface area contributed by atoms with Crippen LogP contribution in [0.25, 0.3) is 0 Å². The van der Waals surface area contributed by atoms with E-state index in [0.717, 1.165) is 18.6 Å². The van der Waals surface area contributed by atoms with E-state index in [1.807, 2.05) is 11.8 Å². The molecule has 0 amide bonds. The molecule has 0 aliphatic rings. The molecular weight excluding hydrogens is 144 g/mol. The Labute approximate surface area is 67.6 Å². The van der Waals surface area contributed by atoms with Gasteiger partial charge in [-0.2, -0.15) is 11.8 Å². The smallest absolute Gasteiger partial charge is 0.132 e. The topological polar surface area (TPSA) is 17.1 Å². The molecule has 0 bridgehead atoms. The normalized spacial score (nSPS) is 13.1. The van der Waals surface area contributed by atoms with E-state index in [1.54, 1.807) is 6.92 Å². The second-order valence-corrected chi connectivity index (χ2v) is 3.48. The van der Waals surface area contributed by atoms with E-state index in [-0.39, 0.29) is 0 Å². The number of ketones is 1. The number of Topliss-reactive ketones (excluding diaryl/α,β-unsaturated/α-hetero) is 1. The van der Waals surface area contributed by atoms with Crippen LogP contribution in [0.2, 0.25) is 0 Å². The summed E-state index contributed by atoms with van der Waals surface area (Å²) in [4.78, 5) is 10.9. The molecule has 60 valence electrons. The largest absolute Gasteiger partial charge is 0.300 e. The molecule has 0 rings (SSSR count). The molecule has 0 aromatic rings. The van der Waals surface area contributed by atoms with Crippen molar-refractivity contribution in [2.75, 3.05) is 12.0 Å². The van der Waals surface area contributed by atoms with Crippen LogP contribution in [0.3, 0.4) is 0 Å². The van der Waals surface area contributed by atoms with Gasteiger partial charge in [-0.15, -0.1) is 0 Å². The van der Waals surface area contributed by atoms with Gasteiger partial charge >= 0.3 is 0 Å². The summed E-state index contributed by atoms with van der Waals surface area (Å²) >= 11 is 1.81. The molecule has 0 spiro atoms. The van der Waals surface area contributed by atoms with Crippen LogP contribution in [0.1, 0.15) is 26.7 Å². The molecule has 1 nitrogen and oxygen atoms in total. The van der Waals surface area contributed by atoms with Crippen LogP contribution in [0.5, 0.6) is 0 Å². The van der Waals surface area contributed by atoms with Crippen LogP contribution in [-0.2, 0) is 4.79 Å². The number of rotatable bonds is 5. The highest BCUT2D eigenvalue weighted by atomic mass is 32.2. The highest BCUT2D eigenvalue weighted by molar-refractivity contribution is 7.98. The van der Waals surface area contributed by atoms with Crippen molar-refractivity contribution in [3.8, 4) is 0 Å². The molecule has 0 heterocycles. The Balaban J connectivity index is 3.50. The van der Waals surface area contributed by atoms with Crippen molar-refractivity contribution < 1.29 is 4.79 Å². The maximum absolute atomic E-state index is 10.9. The number of hydrogen-bond acceptors (Lipinski definition) is 2. The fourth-order valence-electron chi connectivity index (χ4n) is 0.955. The molecule has 0 aromatic carbocycles. The molecule has 0 N–H and O–H groups in total. The first-order chi connectivity index (χ1) is 4.72. The zero-order valence-electron chi connectivity index (χ0n) is 7.02. The minimum absolute atomic E-state index is 0.312. The van der Waals surface area contributed by atoms with Crippen molar-refractivity contribution in [3.63, 3.8) is 0 Å². The quantitative estimate of drug-likeness (QED) is 0.614. The van der Waals surface area contributed by atoms with E-state index < -0.39 is 0 Å². The summed E-state index contributed by atoms with van der Waals surface area (Å²) in [5.74, 6) is 1.77. The van der Waals surface area contributed by atoms with E-state index in [2.05, 4.69) is 13.2 Å². The second kappa shape index (κ2) is 5.78. The van der Waals surface area contributed by atoms with E-state index >= 15 is 0 Å². The van der Waals surface area contributed by atoms with Crippen LogP contribution >= 0.6 is 11.8 Å². The maximum Gasteiger partial charge on any atom is 0.132 e. The Morgan fingerprint density at radius 1 is 1.60 bits per heavy atom. The summed E-state index contributed by atoms with van der Waals surface area (Å²) in [7, 11) is 0. The summed E-state index contributed by atoms with van der Waals surface area (Å²) in [6.07, 6.45) is 4.12. The summed E-state index contributed by atoms with van der Waals surface area (Å²) in [6.45, 7) is 3.76. The highest BCUT2D eigenvalue weighted by Crippen LogP contribution is 2.11. The Kier molecular flexibility index (Phi) is 5.79. The van der Waals surface area contributed by atoms with E-state index in [0.29, 0.717) is 11.7 Å². The first-order valence-electron chi connectivity index (χ1n) is 3.71. The second-order valence-electron chi connectivity index (χ2n) is 2.50. The third kappa shape index (κ3) is 3.94. The summed E-state index contributed by atoms with van der Waals surface area (Å²) in [5.41, 5.74) is 0. The molecule has 1 atom stereocenters. The molecule has 0 saturated heterocycles. The Hall–Kier alpha value is 0.0200. The molecule has 0 saturated carbocycles. The summed E-state index contributed by atoms with van der Waals surface area (Å²) in [5, 5.41) is 0. The average Bonchev–Trinajstić information content (AvgIpc) is 1.89. The molecule has 10 heavy (non-hydrogen) atoms. The van der Waals surface area contributed by atoms with Crippen molar-refractivity contribution >= 4 is 17.5 Å². The fourth-order valence-corrected chi connectivity index (χ4v) is 1.48. The third-order valence-corrected chi connectivity index (χ3v) is 2.38. The Bertz CT molecular complexity index is 101. The van der Waals surface area contributed by atoms with Crippen molar-refractivity contribution in [1.29, 1.82) is 0 Å². The fraction of sp³-hybridized carbons (Fsp3) is 0.875. The lowest BCUT2D eigenvalue weighted by molar-refractivity contribution is -0.120. The van der Waals surface area contributed by atoms with Crippen LogP contribution < -0.4 is 0 Å². The first kappa shape index (κ1) is 10.0. The van der Waals surface area contributed by atoms with E-state index in [1.165, 1.54) is 0 Å². The van der Waals surface area contributed by atoms with Gasteiger partial charge in [0, 0.05) is 5.92 Å². The van der Waals surface area contributed by atoms with Crippen molar-refractivity contribution in [2.24, 2.45) is 5.92 Å². The SMILES string of the molecule is CC[C@@H](CCSC)C(C)=O. The molecule has 0 fully saturated rings. The predicted molar refractivity (Wildman–Crippen MR) is 47.5 cm³/mol. The van der Waals surface area contributed by atoms with Crippen LogP contribution in [0, 0.1) is 5.92 Å². The van der Waals surface area contributed by atoms with Gasteiger partial charge in [0.1, 0.15) is 5.78 Å². The van der Waals surface area contributed by atoms with Gasteiger partial charge in [0.05, 0.1) is 0 Å². The van der Waals surface area contributed by atoms with Gasteiger partial charge in [-0.05, 0) is 31.8 Å². The van der Waals surface area contributed by atoms with Crippen LogP contribution in [0.4, 0.5) is 0 Å². The lowest BCUT2D eigenvalue weighted by atomic mass is 10.00. The molecule has 0 radical (unpaired) electrons. The molecule has 0 aromatic heterocycles. The van der Waals surface area contributed by atoms with Gasteiger partial charge in [-0.1, -0.05) is 6.92 Å². The first-order valence-corrected chi connectivity index (χ1v) is 5.11. The lowest BCUT2D eigenvalue weighted by Crippen LogP contribution is -2.10. The van der Waals surface area contributed by atoms with Crippen LogP contribution in [0.15, 0.2) is 0 Å². The van der Waals surface area contributed by atoms with Crippen molar-refractivity contribution in [3.05, 3.63) is 0 Å². The van der Waals surface area contributed by atoms with E-state index in [9.17, 15) is 4.79 Å². The Morgan fingerprint density at radius 3 is 2.50 bits per heavy atom. The lowest BCUT2D eigenvalue weighted by Gasteiger charge is -2.08. The van der Waals surface area contributed by atoms with Crippen molar-refractivity contribution in [2.45, 2.75) is 26.7 Å². The monoisotopic (exact) mass is 160 g/mol. The number of carbonyl (C=O) groups is 1. The summed E-state index contributed by atoms with van der Waals surface area (Å²) in [6, 6.07) is 0. The van der Waals surface area contributed by atoms with Gasteiger partial charge in [0.15, 0.2) is 0 Å². The zero-order chi connectivity index (χ0) is 7.98. The number of thioether (sulfide) groups is 1. The number of carbonyl (C=O) groups excluding carboxylic acids is 1. The zero-order valence-corrected chi connectivity index (χ0v) is 7.83. The van der Waals surface area contributed by atoms with Gasteiger partial charge in [-0.3, -0.25) is 4.79 Å². The highest BCUT2D eigenvalue weighted by Gasteiger charge is 2.09. The summed E-state index contributed by atoms with van der Waals surface area (Å²) < 4.78 is 0.